The minimum atomic E-state index is 0.0958. The van der Waals surface area contributed by atoms with Gasteiger partial charge < -0.3 is 19.3 Å². The van der Waals surface area contributed by atoms with Gasteiger partial charge in [-0.15, -0.1) is 11.3 Å². The molecule has 2 heterocycles. The number of rotatable bonds is 9. The van der Waals surface area contributed by atoms with Crippen molar-refractivity contribution in [3.63, 3.8) is 0 Å². The number of nitrogens with zero attached hydrogens (tertiary/aromatic N) is 2. The van der Waals surface area contributed by atoms with Gasteiger partial charge in [-0.25, -0.2) is 0 Å². The van der Waals surface area contributed by atoms with E-state index in [0.29, 0.717) is 11.5 Å². The van der Waals surface area contributed by atoms with Crippen molar-refractivity contribution in [2.75, 3.05) is 47.4 Å². The summed E-state index contributed by atoms with van der Waals surface area (Å²) in [5.74, 6) is 1.39. The van der Waals surface area contributed by atoms with Crippen LogP contribution in [0.25, 0.3) is 0 Å². The van der Waals surface area contributed by atoms with E-state index >= 15 is 0 Å². The maximum Gasteiger partial charge on any atom is 0.254 e. The first kappa shape index (κ1) is 19.7. The van der Waals surface area contributed by atoms with Gasteiger partial charge in [0.05, 0.1) is 14.2 Å². The third kappa shape index (κ3) is 4.82. The zero-order valence-corrected chi connectivity index (χ0v) is 17.2. The van der Waals surface area contributed by atoms with Gasteiger partial charge in [0.2, 0.25) is 0 Å². The SMILES string of the molecule is COc1cc2c(cc1OC)C(=O)N(CCCN(C)CCc1cccs1)CC2. The van der Waals surface area contributed by atoms with Gasteiger partial charge >= 0.3 is 0 Å². The molecule has 3 rings (SSSR count). The quantitative estimate of drug-likeness (QED) is 0.661. The van der Waals surface area contributed by atoms with Crippen molar-refractivity contribution in [1.82, 2.24) is 9.80 Å². The predicted octanol–water partition coefficient (Wildman–Crippen LogP) is 3.33. The summed E-state index contributed by atoms with van der Waals surface area (Å²) in [7, 11) is 5.37. The van der Waals surface area contributed by atoms with Crippen LogP contribution < -0.4 is 9.47 Å². The van der Waals surface area contributed by atoms with Gasteiger partial charge in [0.1, 0.15) is 0 Å². The lowest BCUT2D eigenvalue weighted by atomic mass is 9.98. The third-order valence-corrected chi connectivity index (χ3v) is 6.00. The van der Waals surface area contributed by atoms with E-state index in [4.69, 9.17) is 9.47 Å². The summed E-state index contributed by atoms with van der Waals surface area (Å²) < 4.78 is 10.7. The van der Waals surface area contributed by atoms with Crippen LogP contribution in [0.2, 0.25) is 0 Å². The molecule has 0 bridgehead atoms. The van der Waals surface area contributed by atoms with Crippen LogP contribution in [0.5, 0.6) is 11.5 Å². The van der Waals surface area contributed by atoms with Crippen LogP contribution in [0.15, 0.2) is 29.6 Å². The molecule has 6 heteroatoms. The summed E-state index contributed by atoms with van der Waals surface area (Å²) in [5, 5.41) is 2.12. The number of carbonyl (C=O) groups excluding carboxylic acids is 1. The highest BCUT2D eigenvalue weighted by molar-refractivity contribution is 7.09. The number of thiophene rings is 1. The van der Waals surface area contributed by atoms with Gasteiger partial charge in [-0.05, 0) is 62.0 Å². The van der Waals surface area contributed by atoms with E-state index in [1.165, 1.54) is 4.88 Å². The molecule has 1 aromatic heterocycles. The monoisotopic (exact) mass is 388 g/mol. The summed E-state index contributed by atoms with van der Waals surface area (Å²) in [6, 6.07) is 8.04. The van der Waals surface area contributed by atoms with Crippen LogP contribution in [-0.2, 0) is 12.8 Å². The second-order valence-corrected chi connectivity index (χ2v) is 7.92. The number of carbonyl (C=O) groups is 1. The Morgan fingerprint density at radius 2 is 1.96 bits per heavy atom. The molecule has 0 aliphatic carbocycles. The zero-order valence-electron chi connectivity index (χ0n) is 16.4. The third-order valence-electron chi connectivity index (χ3n) is 5.07. The second-order valence-electron chi connectivity index (χ2n) is 6.89. The van der Waals surface area contributed by atoms with Crippen LogP contribution in [0.1, 0.15) is 27.2 Å². The van der Waals surface area contributed by atoms with Gasteiger partial charge in [-0.3, -0.25) is 4.79 Å². The van der Waals surface area contributed by atoms with E-state index in [0.717, 1.165) is 56.6 Å². The number of likely N-dealkylation sites (N-methyl/N-ethyl adjacent to an activating group) is 1. The predicted molar refractivity (Wildman–Crippen MR) is 109 cm³/mol. The molecule has 5 nitrogen and oxygen atoms in total. The lowest BCUT2D eigenvalue weighted by Crippen LogP contribution is -2.39. The van der Waals surface area contributed by atoms with Gasteiger partial charge in [0, 0.05) is 30.1 Å². The van der Waals surface area contributed by atoms with Gasteiger partial charge in [-0.1, -0.05) is 6.07 Å². The minimum Gasteiger partial charge on any atom is -0.493 e. The van der Waals surface area contributed by atoms with Gasteiger partial charge in [0.15, 0.2) is 11.5 Å². The number of hydrogen-bond donors (Lipinski definition) is 0. The number of ether oxygens (including phenoxy) is 2. The highest BCUT2D eigenvalue weighted by atomic mass is 32.1. The van der Waals surface area contributed by atoms with Crippen molar-refractivity contribution in [3.05, 3.63) is 45.6 Å². The molecule has 0 unspecified atom stereocenters. The second kappa shape index (κ2) is 9.24. The Morgan fingerprint density at radius 3 is 2.67 bits per heavy atom. The molecule has 2 aromatic rings. The largest absolute Gasteiger partial charge is 0.493 e. The maximum absolute atomic E-state index is 12.9. The Kier molecular flexibility index (Phi) is 6.74. The van der Waals surface area contributed by atoms with Crippen LogP contribution >= 0.6 is 11.3 Å². The van der Waals surface area contributed by atoms with Gasteiger partial charge in [0.25, 0.3) is 5.91 Å². The summed E-state index contributed by atoms with van der Waals surface area (Å²) >= 11 is 1.81. The number of hydrogen-bond acceptors (Lipinski definition) is 5. The molecule has 0 fully saturated rings. The molecule has 1 aromatic carbocycles. The van der Waals surface area contributed by atoms with Gasteiger partial charge in [-0.2, -0.15) is 0 Å². The number of fused-ring (bicyclic) bond motifs is 1. The molecule has 146 valence electrons. The molecule has 1 aliphatic heterocycles. The smallest absolute Gasteiger partial charge is 0.254 e. The Balaban J connectivity index is 1.51. The van der Waals surface area contributed by atoms with Crippen LogP contribution in [0.3, 0.4) is 0 Å². The van der Waals surface area contributed by atoms with Crippen molar-refractivity contribution in [2.45, 2.75) is 19.3 Å². The lowest BCUT2D eigenvalue weighted by molar-refractivity contribution is 0.0732. The zero-order chi connectivity index (χ0) is 19.2. The summed E-state index contributed by atoms with van der Waals surface area (Å²) in [6.07, 6.45) is 2.93. The molecule has 1 aliphatic rings. The van der Waals surface area contributed by atoms with E-state index in [9.17, 15) is 4.79 Å². The lowest BCUT2D eigenvalue weighted by Gasteiger charge is -2.30. The van der Waals surface area contributed by atoms with E-state index in [1.54, 1.807) is 14.2 Å². The number of methoxy groups -OCH3 is 2. The Hall–Kier alpha value is -2.05. The average Bonchev–Trinajstić information content (AvgIpc) is 3.21. The van der Waals surface area contributed by atoms with Crippen molar-refractivity contribution < 1.29 is 14.3 Å². The molecule has 0 radical (unpaired) electrons. The fourth-order valence-electron chi connectivity index (χ4n) is 3.47. The van der Waals surface area contributed by atoms with E-state index in [2.05, 4.69) is 29.5 Å². The molecular weight excluding hydrogens is 360 g/mol. The first-order valence-electron chi connectivity index (χ1n) is 9.37. The average molecular weight is 389 g/mol. The minimum absolute atomic E-state index is 0.0958. The summed E-state index contributed by atoms with van der Waals surface area (Å²) in [6.45, 7) is 3.60. The van der Waals surface area contributed by atoms with E-state index < -0.39 is 0 Å². The highest BCUT2D eigenvalue weighted by Crippen LogP contribution is 2.33. The number of benzene rings is 1. The molecule has 0 N–H and O–H groups in total. The Morgan fingerprint density at radius 1 is 1.19 bits per heavy atom. The Bertz CT molecular complexity index is 761. The maximum atomic E-state index is 12.9. The van der Waals surface area contributed by atoms with Crippen LogP contribution in [0.4, 0.5) is 0 Å². The molecule has 27 heavy (non-hydrogen) atoms. The highest BCUT2D eigenvalue weighted by Gasteiger charge is 2.26. The summed E-state index contributed by atoms with van der Waals surface area (Å²) in [5.41, 5.74) is 1.78. The summed E-state index contributed by atoms with van der Waals surface area (Å²) in [4.78, 5) is 18.6. The topological polar surface area (TPSA) is 42.0 Å². The van der Waals surface area contributed by atoms with E-state index in [-0.39, 0.29) is 5.91 Å². The van der Waals surface area contributed by atoms with Crippen molar-refractivity contribution in [3.8, 4) is 11.5 Å². The fourth-order valence-corrected chi connectivity index (χ4v) is 4.17. The molecule has 0 atom stereocenters. The molecule has 0 spiro atoms. The first-order valence-corrected chi connectivity index (χ1v) is 10.3. The van der Waals surface area contributed by atoms with Crippen LogP contribution in [0, 0.1) is 0 Å². The molecule has 0 saturated heterocycles. The van der Waals surface area contributed by atoms with Crippen LogP contribution in [-0.4, -0.2) is 63.2 Å². The normalized spacial score (nSPS) is 13.8. The number of amides is 1. The first-order chi connectivity index (χ1) is 13.1. The Labute approximate surface area is 165 Å². The van der Waals surface area contributed by atoms with Crippen molar-refractivity contribution in [2.24, 2.45) is 0 Å². The van der Waals surface area contributed by atoms with Crippen molar-refractivity contribution in [1.29, 1.82) is 0 Å². The standard InChI is InChI=1S/C21H28N2O3S/c1-22(11-8-17-6-4-13-27-17)9-5-10-23-12-7-16-14-19(25-2)20(26-3)15-18(16)21(23)24/h4,6,13-15H,5,7-12H2,1-3H3. The molecule has 0 saturated carbocycles. The van der Waals surface area contributed by atoms with E-state index in [1.807, 2.05) is 28.4 Å². The van der Waals surface area contributed by atoms with Crippen molar-refractivity contribution >= 4 is 17.2 Å². The fraction of sp³-hybridized carbons (Fsp3) is 0.476. The molecular formula is C21H28N2O3S. The molecule has 1 amide bonds.